The second-order valence-electron chi connectivity index (χ2n) is 4.44. The van der Waals surface area contributed by atoms with Gasteiger partial charge in [-0.1, -0.05) is 11.3 Å². The summed E-state index contributed by atoms with van der Waals surface area (Å²) in [7, 11) is 0. The van der Waals surface area contributed by atoms with Crippen LogP contribution in [0.15, 0.2) is 24.3 Å². The second kappa shape index (κ2) is 4.90. The molecule has 2 nitrogen and oxygen atoms in total. The number of hydrogen-bond acceptors (Lipinski definition) is 4. The van der Waals surface area contributed by atoms with Crippen LogP contribution in [0, 0.1) is 19.7 Å². The minimum atomic E-state index is -0.242. The van der Waals surface area contributed by atoms with Crippen molar-refractivity contribution in [3.05, 3.63) is 45.4 Å². The van der Waals surface area contributed by atoms with Gasteiger partial charge in [0.05, 0.1) is 16.8 Å². The molecule has 0 amide bonds. The monoisotopic (exact) mass is 292 g/mol. The first-order valence-corrected chi connectivity index (χ1v) is 7.61. The molecule has 1 aromatic carbocycles. The van der Waals surface area contributed by atoms with Crippen LogP contribution in [0.4, 0.5) is 9.52 Å². The smallest absolute Gasteiger partial charge is 0.184 e. The molecule has 0 unspecified atom stereocenters. The average Bonchev–Trinajstić information content (AvgIpc) is 2.90. The number of aryl methyl sites for hydroxylation is 2. The fraction of sp³-hybridized carbons (Fsp3) is 0.214. The predicted octanol–water partition coefficient (Wildman–Crippen LogP) is 4.73. The number of anilines is 1. The topological polar surface area (TPSA) is 24.9 Å². The second-order valence-corrected chi connectivity index (χ2v) is 6.81. The molecular formula is C14H13FN2S2. The van der Waals surface area contributed by atoms with Crippen molar-refractivity contribution in [1.29, 1.82) is 0 Å². The Morgan fingerprint density at radius 2 is 2.05 bits per heavy atom. The Labute approximate surface area is 118 Å². The third-order valence-corrected chi connectivity index (χ3v) is 5.13. The standard InChI is InChI=1S/C14H13FN2S2/c1-8-5-11(18-9(8)2)7-16-14-17-12-6-10(15)3-4-13(12)19-14/h3-6H,7H2,1-2H3,(H,16,17). The lowest BCUT2D eigenvalue weighted by Crippen LogP contribution is -1.96. The van der Waals surface area contributed by atoms with E-state index in [4.69, 9.17) is 0 Å². The van der Waals surface area contributed by atoms with Gasteiger partial charge >= 0.3 is 0 Å². The normalized spacial score (nSPS) is 11.1. The van der Waals surface area contributed by atoms with Crippen LogP contribution < -0.4 is 5.32 Å². The van der Waals surface area contributed by atoms with Gasteiger partial charge in [0.15, 0.2) is 5.13 Å². The maximum absolute atomic E-state index is 13.1. The van der Waals surface area contributed by atoms with E-state index in [1.165, 1.54) is 27.5 Å². The first kappa shape index (κ1) is 12.6. The Kier molecular flexibility index (Phi) is 3.24. The molecule has 0 bridgehead atoms. The van der Waals surface area contributed by atoms with E-state index in [2.05, 4.69) is 30.2 Å². The molecule has 0 aliphatic rings. The zero-order chi connectivity index (χ0) is 13.4. The summed E-state index contributed by atoms with van der Waals surface area (Å²) in [6.07, 6.45) is 0. The molecule has 0 saturated carbocycles. The van der Waals surface area contributed by atoms with Crippen LogP contribution in [0.5, 0.6) is 0 Å². The number of aromatic nitrogens is 1. The van der Waals surface area contributed by atoms with Crippen LogP contribution in [-0.2, 0) is 6.54 Å². The quantitative estimate of drug-likeness (QED) is 0.755. The van der Waals surface area contributed by atoms with Crippen molar-refractivity contribution in [2.24, 2.45) is 0 Å². The third-order valence-electron chi connectivity index (χ3n) is 2.98. The van der Waals surface area contributed by atoms with Crippen molar-refractivity contribution in [3.63, 3.8) is 0 Å². The van der Waals surface area contributed by atoms with Gasteiger partial charge in [0.1, 0.15) is 5.82 Å². The summed E-state index contributed by atoms with van der Waals surface area (Å²) in [5, 5.41) is 4.14. The number of halogens is 1. The van der Waals surface area contributed by atoms with Gasteiger partial charge in [-0.05, 0) is 37.6 Å². The van der Waals surface area contributed by atoms with E-state index in [0.29, 0.717) is 5.52 Å². The molecule has 0 fully saturated rings. The summed E-state index contributed by atoms with van der Waals surface area (Å²) in [5.74, 6) is -0.242. The fourth-order valence-electron chi connectivity index (χ4n) is 1.88. The average molecular weight is 292 g/mol. The lowest BCUT2D eigenvalue weighted by atomic mass is 10.3. The first-order valence-electron chi connectivity index (χ1n) is 5.98. The molecule has 0 spiro atoms. The van der Waals surface area contributed by atoms with Crippen LogP contribution >= 0.6 is 22.7 Å². The summed E-state index contributed by atoms with van der Waals surface area (Å²) in [4.78, 5) is 7.03. The predicted molar refractivity (Wildman–Crippen MR) is 80.7 cm³/mol. The molecule has 2 heterocycles. The van der Waals surface area contributed by atoms with Crippen molar-refractivity contribution < 1.29 is 4.39 Å². The number of thiazole rings is 1. The molecule has 0 radical (unpaired) electrons. The lowest BCUT2D eigenvalue weighted by Gasteiger charge is -1.98. The third kappa shape index (κ3) is 2.62. The Balaban J connectivity index is 1.78. The minimum absolute atomic E-state index is 0.242. The highest BCUT2D eigenvalue weighted by atomic mass is 32.1. The van der Waals surface area contributed by atoms with Crippen LogP contribution in [-0.4, -0.2) is 4.98 Å². The summed E-state index contributed by atoms with van der Waals surface area (Å²) >= 11 is 3.35. The zero-order valence-corrected chi connectivity index (χ0v) is 12.3. The largest absolute Gasteiger partial charge is 0.357 e. The van der Waals surface area contributed by atoms with Gasteiger partial charge in [0.25, 0.3) is 0 Å². The van der Waals surface area contributed by atoms with Crippen LogP contribution in [0.2, 0.25) is 0 Å². The van der Waals surface area contributed by atoms with E-state index < -0.39 is 0 Å². The fourth-order valence-corrected chi connectivity index (χ4v) is 3.71. The van der Waals surface area contributed by atoms with Gasteiger partial charge < -0.3 is 5.32 Å². The van der Waals surface area contributed by atoms with Gasteiger partial charge in [0.2, 0.25) is 0 Å². The summed E-state index contributed by atoms with van der Waals surface area (Å²) < 4.78 is 14.1. The van der Waals surface area contributed by atoms with Gasteiger partial charge in [-0.2, -0.15) is 0 Å². The number of thiophene rings is 1. The molecule has 3 aromatic rings. The zero-order valence-electron chi connectivity index (χ0n) is 10.7. The Morgan fingerprint density at radius 3 is 2.79 bits per heavy atom. The highest BCUT2D eigenvalue weighted by Gasteiger charge is 2.06. The molecule has 3 rings (SSSR count). The molecule has 0 atom stereocenters. The molecule has 19 heavy (non-hydrogen) atoms. The van der Waals surface area contributed by atoms with Crippen LogP contribution in [0.1, 0.15) is 15.3 Å². The van der Waals surface area contributed by atoms with E-state index in [0.717, 1.165) is 16.4 Å². The number of rotatable bonds is 3. The summed E-state index contributed by atoms with van der Waals surface area (Å²) in [6, 6.07) is 6.90. The number of hydrogen-bond donors (Lipinski definition) is 1. The highest BCUT2D eigenvalue weighted by Crippen LogP contribution is 2.27. The molecule has 0 aliphatic heterocycles. The molecule has 0 saturated heterocycles. The highest BCUT2D eigenvalue weighted by molar-refractivity contribution is 7.22. The van der Waals surface area contributed by atoms with Crippen molar-refractivity contribution in [2.75, 3.05) is 5.32 Å². The summed E-state index contributed by atoms with van der Waals surface area (Å²) in [5.41, 5.74) is 2.04. The molecule has 0 aliphatic carbocycles. The Morgan fingerprint density at radius 1 is 1.21 bits per heavy atom. The van der Waals surface area contributed by atoms with Crippen molar-refractivity contribution >= 4 is 38.0 Å². The van der Waals surface area contributed by atoms with Gasteiger partial charge in [-0.3, -0.25) is 0 Å². The van der Waals surface area contributed by atoms with Gasteiger partial charge in [0, 0.05) is 15.8 Å². The maximum Gasteiger partial charge on any atom is 0.184 e. The van der Waals surface area contributed by atoms with E-state index >= 15 is 0 Å². The lowest BCUT2D eigenvalue weighted by molar-refractivity contribution is 0.629. The maximum atomic E-state index is 13.1. The Hall–Kier alpha value is -1.46. The summed E-state index contributed by atoms with van der Waals surface area (Å²) in [6.45, 7) is 5.02. The molecular weight excluding hydrogens is 279 g/mol. The molecule has 98 valence electrons. The van der Waals surface area contributed by atoms with Crippen molar-refractivity contribution in [2.45, 2.75) is 20.4 Å². The minimum Gasteiger partial charge on any atom is -0.357 e. The first-order chi connectivity index (χ1) is 9.11. The number of benzene rings is 1. The van der Waals surface area contributed by atoms with E-state index in [1.54, 1.807) is 28.7 Å². The number of nitrogens with zero attached hydrogens (tertiary/aromatic N) is 1. The van der Waals surface area contributed by atoms with Crippen LogP contribution in [0.3, 0.4) is 0 Å². The number of nitrogens with one attached hydrogen (secondary N) is 1. The molecule has 2 aromatic heterocycles. The van der Waals surface area contributed by atoms with Crippen LogP contribution in [0.25, 0.3) is 10.2 Å². The van der Waals surface area contributed by atoms with E-state index in [-0.39, 0.29) is 5.82 Å². The SMILES string of the molecule is Cc1cc(CNc2nc3cc(F)ccc3s2)sc1C. The molecule has 5 heteroatoms. The molecule has 1 N–H and O–H groups in total. The van der Waals surface area contributed by atoms with Crippen molar-refractivity contribution in [3.8, 4) is 0 Å². The Bertz CT molecular complexity index is 711. The van der Waals surface area contributed by atoms with Gasteiger partial charge in [-0.15, -0.1) is 11.3 Å². The van der Waals surface area contributed by atoms with Gasteiger partial charge in [-0.25, -0.2) is 9.37 Å². The van der Waals surface area contributed by atoms with E-state index in [9.17, 15) is 4.39 Å². The van der Waals surface area contributed by atoms with E-state index in [1.807, 2.05) is 0 Å². The number of fused-ring (bicyclic) bond motifs is 1. The van der Waals surface area contributed by atoms with Crippen molar-refractivity contribution in [1.82, 2.24) is 4.98 Å².